The lowest BCUT2D eigenvalue weighted by atomic mass is 10.0. The van der Waals surface area contributed by atoms with Crippen molar-refractivity contribution in [3.05, 3.63) is 87.8 Å². The van der Waals surface area contributed by atoms with Crippen molar-refractivity contribution in [1.29, 1.82) is 0 Å². The molecule has 0 fully saturated rings. The second kappa shape index (κ2) is 4.80. The third-order valence-electron chi connectivity index (χ3n) is 5.21. The first-order chi connectivity index (χ1) is 12.7. The van der Waals surface area contributed by atoms with Crippen molar-refractivity contribution >= 4 is 59.3 Å². The largest absolute Gasteiger partial charge is 0.315 e. The van der Waals surface area contributed by atoms with Gasteiger partial charge in [0.05, 0.1) is 16.2 Å². The van der Waals surface area contributed by atoms with Crippen LogP contribution in [0, 0.1) is 0 Å². The van der Waals surface area contributed by atoms with E-state index in [0.717, 1.165) is 47.8 Å². The monoisotopic (exact) mass is 399 g/mol. The normalized spacial score (nSPS) is 12.2. The fraction of sp³-hybridized carbons (Fsp3) is 0. The van der Waals surface area contributed by atoms with Crippen molar-refractivity contribution in [1.82, 2.24) is 4.52 Å². The molecular weight excluding hydrogens is 388 g/mol. The van der Waals surface area contributed by atoms with E-state index < -0.39 is 0 Å². The van der Waals surface area contributed by atoms with Crippen LogP contribution < -0.4 is 10.1 Å². The van der Waals surface area contributed by atoms with Gasteiger partial charge >= 0.3 is 5.56 Å². The first-order valence-electron chi connectivity index (χ1n) is 8.45. The van der Waals surface area contributed by atoms with Crippen LogP contribution in [0.2, 0.25) is 0 Å². The molecule has 4 aromatic carbocycles. The molecule has 26 heavy (non-hydrogen) atoms. The van der Waals surface area contributed by atoms with Gasteiger partial charge in [-0.1, -0.05) is 61.4 Å². The van der Waals surface area contributed by atoms with E-state index in [9.17, 15) is 4.79 Å². The Morgan fingerprint density at radius 1 is 0.808 bits per heavy atom. The quantitative estimate of drug-likeness (QED) is 0.206. The summed E-state index contributed by atoms with van der Waals surface area (Å²) in [5.74, 6) is 0. The van der Waals surface area contributed by atoms with E-state index in [1.807, 2.05) is 28.8 Å². The number of aromatic nitrogens is 2. The molecule has 6 rings (SSSR count). The Hall–Kier alpha value is -2.98. The topological polar surface area (TPSA) is 25.6 Å². The average Bonchev–Trinajstić information content (AvgIpc) is 2.65. The minimum Gasteiger partial charge on any atom is -0.263 e. The number of halogens is 1. The van der Waals surface area contributed by atoms with Crippen molar-refractivity contribution in [3.63, 3.8) is 0 Å². The van der Waals surface area contributed by atoms with Gasteiger partial charge in [-0.3, -0.25) is 4.79 Å². The molecule has 2 aromatic heterocycles. The van der Waals surface area contributed by atoms with Crippen LogP contribution in [-0.4, -0.2) is 4.52 Å². The first kappa shape index (κ1) is 14.2. The molecule has 0 bridgehead atoms. The van der Waals surface area contributed by atoms with Gasteiger partial charge in [0.1, 0.15) is 5.52 Å². The Morgan fingerprint density at radius 3 is 2.42 bits per heavy atom. The molecule has 0 saturated heterocycles. The van der Waals surface area contributed by atoms with Crippen LogP contribution >= 0.6 is 15.9 Å². The second-order valence-corrected chi connectivity index (χ2v) is 7.56. The molecule has 0 unspecified atom stereocenters. The SMILES string of the molecule is O=c1c2cccc3cccc(c32)[n+]2cc3cccc4cc(Br)cc(c43)n12. The van der Waals surface area contributed by atoms with Crippen molar-refractivity contribution in [3.8, 4) is 0 Å². The maximum Gasteiger partial charge on any atom is 0.315 e. The average molecular weight is 400 g/mol. The molecule has 0 radical (unpaired) electrons. The zero-order valence-corrected chi connectivity index (χ0v) is 15.2. The van der Waals surface area contributed by atoms with Gasteiger partial charge in [0.15, 0.2) is 0 Å². The zero-order chi connectivity index (χ0) is 17.4. The van der Waals surface area contributed by atoms with Gasteiger partial charge in [-0.2, -0.15) is 0 Å². The number of hydrogen-bond acceptors (Lipinski definition) is 1. The lowest BCUT2D eigenvalue weighted by molar-refractivity contribution is -0.592. The summed E-state index contributed by atoms with van der Waals surface area (Å²) in [6.45, 7) is 0. The molecule has 0 aliphatic carbocycles. The lowest BCUT2D eigenvalue weighted by Gasteiger charge is -2.09. The van der Waals surface area contributed by atoms with E-state index in [2.05, 4.69) is 64.6 Å². The van der Waals surface area contributed by atoms with Crippen LogP contribution in [0.15, 0.2) is 82.2 Å². The Morgan fingerprint density at radius 2 is 1.54 bits per heavy atom. The lowest BCUT2D eigenvalue weighted by Crippen LogP contribution is -2.40. The third-order valence-corrected chi connectivity index (χ3v) is 5.67. The molecule has 2 heterocycles. The summed E-state index contributed by atoms with van der Waals surface area (Å²) in [5, 5.41) is 6.18. The molecule has 0 amide bonds. The van der Waals surface area contributed by atoms with E-state index in [1.165, 1.54) is 0 Å². The predicted octanol–water partition coefficient (Wildman–Crippen LogP) is 4.70. The van der Waals surface area contributed by atoms with E-state index in [1.54, 1.807) is 4.52 Å². The molecule has 0 N–H and O–H groups in total. The number of hydrogen-bond donors (Lipinski definition) is 0. The number of nitrogens with zero attached hydrogens (tertiary/aromatic N) is 2. The second-order valence-electron chi connectivity index (χ2n) is 6.64. The highest BCUT2D eigenvalue weighted by atomic mass is 79.9. The minimum atomic E-state index is -0.000506. The van der Waals surface area contributed by atoms with E-state index in [0.29, 0.717) is 0 Å². The molecular formula is C22H12BrN2O+. The van der Waals surface area contributed by atoms with E-state index in [4.69, 9.17) is 0 Å². The van der Waals surface area contributed by atoms with Gasteiger partial charge in [-0.15, -0.1) is 0 Å². The third kappa shape index (κ3) is 1.67. The summed E-state index contributed by atoms with van der Waals surface area (Å²) in [5.41, 5.74) is 1.93. The Kier molecular flexibility index (Phi) is 2.62. The first-order valence-corrected chi connectivity index (χ1v) is 9.24. The maximum absolute atomic E-state index is 13.4. The Balaban J connectivity index is 2.08. The van der Waals surface area contributed by atoms with Gasteiger partial charge in [0.25, 0.3) is 0 Å². The van der Waals surface area contributed by atoms with Crippen molar-refractivity contribution in [2.45, 2.75) is 0 Å². The van der Waals surface area contributed by atoms with Crippen molar-refractivity contribution in [2.24, 2.45) is 0 Å². The van der Waals surface area contributed by atoms with Crippen LogP contribution in [0.4, 0.5) is 0 Å². The summed E-state index contributed by atoms with van der Waals surface area (Å²) in [7, 11) is 0. The van der Waals surface area contributed by atoms with Gasteiger partial charge in [0.2, 0.25) is 11.7 Å². The summed E-state index contributed by atoms with van der Waals surface area (Å²) < 4.78 is 4.74. The van der Waals surface area contributed by atoms with Gasteiger partial charge < -0.3 is 0 Å². The smallest absolute Gasteiger partial charge is 0.263 e. The summed E-state index contributed by atoms with van der Waals surface area (Å²) >= 11 is 3.60. The van der Waals surface area contributed by atoms with Crippen molar-refractivity contribution in [2.75, 3.05) is 0 Å². The molecule has 122 valence electrons. The molecule has 3 nitrogen and oxygen atoms in total. The summed E-state index contributed by atoms with van der Waals surface area (Å²) in [6, 6.07) is 22.5. The highest BCUT2D eigenvalue weighted by molar-refractivity contribution is 9.10. The van der Waals surface area contributed by atoms with Crippen molar-refractivity contribution < 1.29 is 4.52 Å². The summed E-state index contributed by atoms with van der Waals surface area (Å²) in [4.78, 5) is 13.4. The number of fused-ring (bicyclic) bond motifs is 3. The minimum absolute atomic E-state index is 0.000506. The molecule has 0 spiro atoms. The standard InChI is InChI=1S/C22H12BrN2O/c23-16-10-14-6-1-7-15-12-24-18-9-3-5-13-4-2-8-17(21(13)18)22(26)25(24)19(11-16)20(14)15/h1-12H/q+1. The van der Waals surface area contributed by atoms with Gasteiger partial charge in [-0.05, 0) is 35.0 Å². The van der Waals surface area contributed by atoms with Crippen LogP contribution in [0.25, 0.3) is 43.4 Å². The zero-order valence-electron chi connectivity index (χ0n) is 13.6. The highest BCUT2D eigenvalue weighted by Gasteiger charge is 2.21. The Bertz CT molecular complexity index is 1560. The van der Waals surface area contributed by atoms with Gasteiger partial charge in [-0.25, -0.2) is 0 Å². The fourth-order valence-electron chi connectivity index (χ4n) is 4.17. The molecule has 0 aliphatic heterocycles. The summed E-state index contributed by atoms with van der Waals surface area (Å²) in [6.07, 6.45) is 2.06. The van der Waals surface area contributed by atoms with E-state index in [-0.39, 0.29) is 5.56 Å². The molecule has 4 heteroatoms. The van der Waals surface area contributed by atoms with Crippen LogP contribution in [0.1, 0.15) is 0 Å². The van der Waals surface area contributed by atoms with Crippen LogP contribution in [-0.2, 0) is 0 Å². The maximum atomic E-state index is 13.4. The fourth-order valence-corrected chi connectivity index (χ4v) is 4.63. The number of rotatable bonds is 0. The highest BCUT2D eigenvalue weighted by Crippen LogP contribution is 2.29. The van der Waals surface area contributed by atoms with Crippen LogP contribution in [0.5, 0.6) is 0 Å². The molecule has 0 saturated carbocycles. The molecule has 0 aliphatic rings. The number of benzene rings is 4. The molecule has 6 aromatic rings. The predicted molar refractivity (Wildman–Crippen MR) is 108 cm³/mol. The Labute approximate surface area is 156 Å². The van der Waals surface area contributed by atoms with Crippen LogP contribution in [0.3, 0.4) is 0 Å². The van der Waals surface area contributed by atoms with Gasteiger partial charge in [0, 0.05) is 15.9 Å². The van der Waals surface area contributed by atoms with E-state index >= 15 is 0 Å². The molecule has 0 atom stereocenters.